The van der Waals surface area contributed by atoms with Crippen LogP contribution in [0.25, 0.3) is 11.3 Å². The number of piperidine rings is 1. The third-order valence-corrected chi connectivity index (χ3v) is 6.33. The average molecular weight is 476 g/mol. The Hall–Kier alpha value is -3.85. The molecule has 9 nitrogen and oxygen atoms in total. The smallest absolute Gasteiger partial charge is 0.247 e. The summed E-state index contributed by atoms with van der Waals surface area (Å²) in [6, 6.07) is 8.25. The number of nitrogens with one attached hydrogen (secondary N) is 2. The van der Waals surface area contributed by atoms with Gasteiger partial charge in [-0.3, -0.25) is 4.79 Å². The minimum atomic E-state index is -0.270. The highest BCUT2D eigenvalue weighted by molar-refractivity contribution is 6.02. The Balaban J connectivity index is 1.65. The van der Waals surface area contributed by atoms with Crippen LogP contribution in [0.15, 0.2) is 55.5 Å². The summed E-state index contributed by atoms with van der Waals surface area (Å²) in [5, 5.41) is 6.23. The van der Waals surface area contributed by atoms with Gasteiger partial charge in [0.05, 0.1) is 29.9 Å². The van der Waals surface area contributed by atoms with Gasteiger partial charge in [0.25, 0.3) is 0 Å². The quantitative estimate of drug-likeness (QED) is 0.478. The first-order valence-corrected chi connectivity index (χ1v) is 11.7. The minimum absolute atomic E-state index is 0.270. The lowest BCUT2D eigenvalue weighted by Gasteiger charge is -2.37. The first-order chi connectivity index (χ1) is 16.9. The second-order valence-electron chi connectivity index (χ2n) is 8.90. The molecule has 184 valence electrons. The third-order valence-electron chi connectivity index (χ3n) is 6.33. The molecule has 0 bridgehead atoms. The van der Waals surface area contributed by atoms with Crippen molar-refractivity contribution in [3.8, 4) is 17.0 Å². The number of amides is 1. The molecule has 35 heavy (non-hydrogen) atoms. The summed E-state index contributed by atoms with van der Waals surface area (Å²) in [5.41, 5.74) is 4.06. The van der Waals surface area contributed by atoms with Gasteiger partial charge in [-0.15, -0.1) is 0 Å². The van der Waals surface area contributed by atoms with Crippen LogP contribution in [0.4, 0.5) is 23.0 Å². The van der Waals surface area contributed by atoms with Crippen molar-refractivity contribution in [3.05, 3.63) is 55.5 Å². The van der Waals surface area contributed by atoms with Gasteiger partial charge in [-0.1, -0.05) is 6.58 Å². The number of carbonyl (C=O) groups excluding carboxylic acids is 1. The van der Waals surface area contributed by atoms with Crippen LogP contribution in [0, 0.1) is 0 Å². The standard InChI is InChI=1S/C26H33N7O2/c1-6-25(34)28-21-15-22(30-26-27-11-7-20(29-26)18-8-12-32(4)17-18)24(35-5)16-23(21)33-13-9-19(10-14-33)31(2)3/h6-8,11-12,15-17,19H,1,9-10,13-14H2,2-5H3,(H,28,34)(H,27,29,30). The number of carbonyl (C=O) groups is 1. The van der Waals surface area contributed by atoms with E-state index in [0.717, 1.165) is 42.9 Å². The number of benzene rings is 1. The summed E-state index contributed by atoms with van der Waals surface area (Å²) >= 11 is 0. The Kier molecular flexibility index (Phi) is 7.36. The molecule has 0 spiro atoms. The van der Waals surface area contributed by atoms with Crippen molar-refractivity contribution in [3.63, 3.8) is 0 Å². The lowest BCUT2D eigenvalue weighted by Crippen LogP contribution is -2.42. The van der Waals surface area contributed by atoms with Crippen LogP contribution >= 0.6 is 0 Å². The van der Waals surface area contributed by atoms with E-state index in [1.807, 2.05) is 48.3 Å². The van der Waals surface area contributed by atoms with Gasteiger partial charge in [-0.25, -0.2) is 9.97 Å². The zero-order valence-corrected chi connectivity index (χ0v) is 20.8. The molecule has 1 aliphatic rings. The van der Waals surface area contributed by atoms with Crippen molar-refractivity contribution in [1.82, 2.24) is 19.4 Å². The van der Waals surface area contributed by atoms with Gasteiger partial charge >= 0.3 is 0 Å². The number of nitrogens with zero attached hydrogens (tertiary/aromatic N) is 5. The first-order valence-electron chi connectivity index (χ1n) is 11.7. The molecule has 0 atom stereocenters. The fraction of sp³-hybridized carbons (Fsp3) is 0.346. The van der Waals surface area contributed by atoms with E-state index in [1.165, 1.54) is 6.08 Å². The molecule has 0 saturated carbocycles. The van der Waals surface area contributed by atoms with Crippen molar-refractivity contribution < 1.29 is 9.53 Å². The highest BCUT2D eigenvalue weighted by Crippen LogP contribution is 2.39. The molecule has 1 aliphatic heterocycles. The van der Waals surface area contributed by atoms with Gasteiger partial charge in [0, 0.05) is 56.4 Å². The molecular weight excluding hydrogens is 442 g/mol. The zero-order valence-electron chi connectivity index (χ0n) is 20.8. The van der Waals surface area contributed by atoms with E-state index in [-0.39, 0.29) is 5.91 Å². The SMILES string of the molecule is C=CC(=O)Nc1cc(Nc2nccc(-c3ccn(C)c3)n2)c(OC)cc1N1CCC(N(C)C)CC1. The predicted octanol–water partition coefficient (Wildman–Crippen LogP) is 3.89. The molecule has 1 fully saturated rings. The van der Waals surface area contributed by atoms with Gasteiger partial charge in [-0.2, -0.15) is 0 Å². The summed E-state index contributed by atoms with van der Waals surface area (Å²) in [7, 11) is 7.84. The van der Waals surface area contributed by atoms with Gasteiger partial charge in [-0.05, 0) is 51.2 Å². The highest BCUT2D eigenvalue weighted by atomic mass is 16.5. The van der Waals surface area contributed by atoms with Gasteiger partial charge in [0.15, 0.2) is 0 Å². The number of ether oxygens (including phenoxy) is 1. The summed E-state index contributed by atoms with van der Waals surface area (Å²) < 4.78 is 7.70. The van der Waals surface area contributed by atoms with Crippen LogP contribution in [0.5, 0.6) is 5.75 Å². The van der Waals surface area contributed by atoms with E-state index >= 15 is 0 Å². The minimum Gasteiger partial charge on any atom is -0.494 e. The summed E-state index contributed by atoms with van der Waals surface area (Å²) in [4.78, 5) is 25.9. The Bertz CT molecular complexity index is 1200. The second-order valence-corrected chi connectivity index (χ2v) is 8.90. The maximum Gasteiger partial charge on any atom is 0.247 e. The summed E-state index contributed by atoms with van der Waals surface area (Å²) in [5.74, 6) is 0.804. The summed E-state index contributed by atoms with van der Waals surface area (Å²) in [6.45, 7) is 5.37. The lowest BCUT2D eigenvalue weighted by atomic mass is 10.0. The van der Waals surface area contributed by atoms with Crippen LogP contribution in [-0.2, 0) is 11.8 Å². The fourth-order valence-corrected chi connectivity index (χ4v) is 4.36. The van der Waals surface area contributed by atoms with Crippen LogP contribution < -0.4 is 20.3 Å². The fourth-order valence-electron chi connectivity index (χ4n) is 4.36. The number of rotatable bonds is 8. The maximum absolute atomic E-state index is 12.3. The predicted molar refractivity (Wildman–Crippen MR) is 140 cm³/mol. The molecular formula is C26H33N7O2. The second kappa shape index (κ2) is 10.6. The van der Waals surface area contributed by atoms with Crippen molar-refractivity contribution in [2.75, 3.05) is 49.8 Å². The number of hydrogen-bond donors (Lipinski definition) is 2. The van der Waals surface area contributed by atoms with E-state index in [0.29, 0.717) is 29.1 Å². The molecule has 3 aromatic rings. The molecule has 3 heterocycles. The third kappa shape index (κ3) is 5.63. The van der Waals surface area contributed by atoms with Crippen LogP contribution in [0.3, 0.4) is 0 Å². The number of hydrogen-bond acceptors (Lipinski definition) is 7. The molecule has 1 saturated heterocycles. The molecule has 4 rings (SSSR count). The Morgan fingerprint density at radius 2 is 2.00 bits per heavy atom. The number of aryl methyl sites for hydroxylation is 1. The van der Waals surface area contributed by atoms with Crippen molar-refractivity contribution in [2.24, 2.45) is 7.05 Å². The van der Waals surface area contributed by atoms with Crippen LogP contribution in [-0.4, -0.2) is 65.7 Å². The number of aromatic nitrogens is 3. The Labute approximate surface area is 206 Å². The normalized spacial score (nSPS) is 14.1. The highest BCUT2D eigenvalue weighted by Gasteiger charge is 2.24. The van der Waals surface area contributed by atoms with Crippen molar-refractivity contribution in [2.45, 2.75) is 18.9 Å². The Morgan fingerprint density at radius 1 is 1.23 bits per heavy atom. The molecule has 1 aromatic carbocycles. The monoisotopic (exact) mass is 475 g/mol. The first kappa shape index (κ1) is 24.3. The molecule has 2 N–H and O–H groups in total. The van der Waals surface area contributed by atoms with E-state index in [1.54, 1.807) is 13.3 Å². The van der Waals surface area contributed by atoms with E-state index in [9.17, 15) is 4.79 Å². The van der Waals surface area contributed by atoms with Crippen LogP contribution in [0.2, 0.25) is 0 Å². The summed E-state index contributed by atoms with van der Waals surface area (Å²) in [6.07, 6.45) is 9.06. The van der Waals surface area contributed by atoms with E-state index in [2.05, 4.69) is 51.1 Å². The van der Waals surface area contributed by atoms with Crippen molar-refractivity contribution in [1.29, 1.82) is 0 Å². The Morgan fingerprint density at radius 3 is 2.63 bits per heavy atom. The van der Waals surface area contributed by atoms with Crippen LogP contribution in [0.1, 0.15) is 12.8 Å². The topological polar surface area (TPSA) is 87.5 Å². The van der Waals surface area contributed by atoms with E-state index < -0.39 is 0 Å². The average Bonchev–Trinajstić information content (AvgIpc) is 3.30. The van der Waals surface area contributed by atoms with E-state index in [4.69, 9.17) is 4.74 Å². The molecule has 0 unspecified atom stereocenters. The van der Waals surface area contributed by atoms with Gasteiger partial charge < -0.3 is 29.7 Å². The molecule has 9 heteroatoms. The number of anilines is 4. The molecule has 0 radical (unpaired) electrons. The number of methoxy groups -OCH3 is 1. The maximum atomic E-state index is 12.3. The zero-order chi connectivity index (χ0) is 24.9. The molecule has 0 aliphatic carbocycles. The molecule has 2 aromatic heterocycles. The molecule has 1 amide bonds. The van der Waals surface area contributed by atoms with Gasteiger partial charge in [0.1, 0.15) is 5.75 Å². The largest absolute Gasteiger partial charge is 0.494 e. The lowest BCUT2D eigenvalue weighted by molar-refractivity contribution is -0.111. The van der Waals surface area contributed by atoms with Crippen molar-refractivity contribution >= 4 is 28.9 Å². The van der Waals surface area contributed by atoms with Gasteiger partial charge in [0.2, 0.25) is 11.9 Å².